The molecule has 2 heterocycles. The van der Waals surface area contributed by atoms with Crippen molar-refractivity contribution in [2.24, 2.45) is 0 Å². The Hall–Kier alpha value is -0.610. The second kappa shape index (κ2) is 4.49. The Morgan fingerprint density at radius 1 is 1.47 bits per heavy atom. The minimum Gasteiger partial charge on any atom is -0.465 e. The Balaban J connectivity index is 1.90. The van der Waals surface area contributed by atoms with E-state index >= 15 is 0 Å². The molecule has 2 rings (SSSR count). The molecule has 2 fully saturated rings. The first-order valence-corrected chi connectivity index (χ1v) is 5.77. The van der Waals surface area contributed by atoms with Crippen LogP contribution in [0.25, 0.3) is 0 Å². The summed E-state index contributed by atoms with van der Waals surface area (Å²) in [5.41, 5.74) is 0. The predicted octanol–water partition coefficient (Wildman–Crippen LogP) is 0.801. The van der Waals surface area contributed by atoms with Crippen molar-refractivity contribution >= 4 is 5.97 Å². The molecule has 0 N–H and O–H groups in total. The molecule has 0 saturated carbocycles. The third-order valence-electron chi connectivity index (χ3n) is 3.25. The summed E-state index contributed by atoms with van der Waals surface area (Å²) in [6.45, 7) is 5.96. The van der Waals surface area contributed by atoms with E-state index in [-0.39, 0.29) is 12.0 Å². The number of ether oxygens (including phenoxy) is 2. The van der Waals surface area contributed by atoms with Crippen LogP contribution in [0, 0.1) is 0 Å². The van der Waals surface area contributed by atoms with Gasteiger partial charge in [-0.25, -0.2) is 0 Å². The van der Waals surface area contributed by atoms with E-state index in [9.17, 15) is 4.79 Å². The van der Waals surface area contributed by atoms with Gasteiger partial charge in [-0.2, -0.15) is 0 Å². The van der Waals surface area contributed by atoms with Crippen LogP contribution in [0.2, 0.25) is 0 Å². The maximum absolute atomic E-state index is 11.6. The number of morpholine rings is 1. The molecule has 2 bridgehead atoms. The van der Waals surface area contributed by atoms with Gasteiger partial charge in [0.15, 0.2) is 0 Å². The molecule has 2 aliphatic rings. The van der Waals surface area contributed by atoms with Crippen molar-refractivity contribution in [2.75, 3.05) is 19.7 Å². The summed E-state index contributed by atoms with van der Waals surface area (Å²) < 4.78 is 10.7. The molecule has 3 atom stereocenters. The zero-order valence-corrected chi connectivity index (χ0v) is 9.44. The van der Waals surface area contributed by atoms with Crippen LogP contribution in [-0.2, 0) is 14.3 Å². The van der Waals surface area contributed by atoms with Crippen LogP contribution in [-0.4, -0.2) is 48.8 Å². The van der Waals surface area contributed by atoms with E-state index < -0.39 is 0 Å². The molecule has 2 aliphatic heterocycles. The van der Waals surface area contributed by atoms with Gasteiger partial charge in [0.05, 0.1) is 18.8 Å². The van der Waals surface area contributed by atoms with Gasteiger partial charge in [-0.3, -0.25) is 9.69 Å². The zero-order chi connectivity index (χ0) is 10.8. The highest BCUT2D eigenvalue weighted by Crippen LogP contribution is 2.27. The Bertz CT molecular complexity index is 232. The normalized spacial score (nSPS) is 32.7. The van der Waals surface area contributed by atoms with Crippen LogP contribution in [0.5, 0.6) is 0 Å². The fourth-order valence-electron chi connectivity index (χ4n) is 2.37. The molecule has 15 heavy (non-hydrogen) atoms. The minimum absolute atomic E-state index is 0.112. The van der Waals surface area contributed by atoms with Gasteiger partial charge in [-0.1, -0.05) is 0 Å². The van der Waals surface area contributed by atoms with Gasteiger partial charge in [-0.05, 0) is 26.7 Å². The molecule has 0 aromatic carbocycles. The maximum Gasteiger partial charge on any atom is 0.323 e. The number of nitrogens with zero attached hydrogens (tertiary/aromatic N) is 1. The van der Waals surface area contributed by atoms with Gasteiger partial charge in [0.1, 0.15) is 6.04 Å². The summed E-state index contributed by atoms with van der Waals surface area (Å²) in [7, 11) is 0. The van der Waals surface area contributed by atoms with Gasteiger partial charge in [0.2, 0.25) is 0 Å². The van der Waals surface area contributed by atoms with Gasteiger partial charge in [0.25, 0.3) is 0 Å². The summed E-state index contributed by atoms with van der Waals surface area (Å²) in [6, 6.07) is -0.128. The van der Waals surface area contributed by atoms with Crippen molar-refractivity contribution in [1.82, 2.24) is 4.90 Å². The standard InChI is InChI=1S/C11H19NO3/c1-3-14-11(13)8(2)12-6-9-4-5-10(7-12)15-9/h8-10H,3-7H2,1-2H3. The van der Waals surface area contributed by atoms with E-state index in [1.54, 1.807) is 0 Å². The molecule has 0 aliphatic carbocycles. The summed E-state index contributed by atoms with van der Waals surface area (Å²) in [5.74, 6) is -0.112. The number of rotatable bonds is 3. The Labute approximate surface area is 90.5 Å². The molecule has 0 amide bonds. The lowest BCUT2D eigenvalue weighted by molar-refractivity contribution is -0.152. The zero-order valence-electron chi connectivity index (χ0n) is 9.44. The number of hydrogen-bond donors (Lipinski definition) is 0. The quantitative estimate of drug-likeness (QED) is 0.650. The Morgan fingerprint density at radius 2 is 2.07 bits per heavy atom. The van der Waals surface area contributed by atoms with Crippen molar-refractivity contribution in [3.63, 3.8) is 0 Å². The van der Waals surface area contributed by atoms with Gasteiger partial charge in [0, 0.05) is 13.1 Å². The molecule has 86 valence electrons. The number of likely N-dealkylation sites (tertiary alicyclic amines) is 1. The average Bonchev–Trinajstić information content (AvgIpc) is 2.57. The molecule has 4 nitrogen and oxygen atoms in total. The van der Waals surface area contributed by atoms with Crippen LogP contribution in [0.3, 0.4) is 0 Å². The fraction of sp³-hybridized carbons (Fsp3) is 0.909. The number of carbonyl (C=O) groups is 1. The van der Waals surface area contributed by atoms with E-state index in [0.29, 0.717) is 18.8 Å². The predicted molar refractivity (Wildman–Crippen MR) is 55.6 cm³/mol. The summed E-state index contributed by atoms with van der Waals surface area (Å²) in [6.07, 6.45) is 2.94. The largest absolute Gasteiger partial charge is 0.465 e. The second-order valence-electron chi connectivity index (χ2n) is 4.34. The lowest BCUT2D eigenvalue weighted by atomic mass is 10.2. The number of hydrogen-bond acceptors (Lipinski definition) is 4. The second-order valence-corrected chi connectivity index (χ2v) is 4.34. The van der Waals surface area contributed by atoms with E-state index in [1.807, 2.05) is 13.8 Å². The molecule has 0 spiro atoms. The average molecular weight is 213 g/mol. The molecule has 0 radical (unpaired) electrons. The first-order chi connectivity index (χ1) is 7.20. The Kier molecular flexibility index (Phi) is 3.26. The molecule has 0 aromatic heterocycles. The van der Waals surface area contributed by atoms with E-state index in [2.05, 4.69) is 4.90 Å². The Morgan fingerprint density at radius 3 is 2.60 bits per heavy atom. The van der Waals surface area contributed by atoms with E-state index in [0.717, 1.165) is 25.9 Å². The number of esters is 1. The van der Waals surface area contributed by atoms with Crippen LogP contribution in [0.4, 0.5) is 0 Å². The van der Waals surface area contributed by atoms with Crippen LogP contribution >= 0.6 is 0 Å². The SMILES string of the molecule is CCOC(=O)C(C)N1CC2CCC(C1)O2. The molecular formula is C11H19NO3. The van der Waals surface area contributed by atoms with Gasteiger partial charge < -0.3 is 9.47 Å². The first kappa shape index (κ1) is 10.9. The molecule has 4 heteroatoms. The smallest absolute Gasteiger partial charge is 0.323 e. The molecule has 2 saturated heterocycles. The van der Waals surface area contributed by atoms with E-state index in [4.69, 9.17) is 9.47 Å². The van der Waals surface area contributed by atoms with Crippen molar-refractivity contribution in [3.05, 3.63) is 0 Å². The van der Waals surface area contributed by atoms with E-state index in [1.165, 1.54) is 0 Å². The third-order valence-corrected chi connectivity index (χ3v) is 3.25. The number of fused-ring (bicyclic) bond motifs is 2. The van der Waals surface area contributed by atoms with Crippen molar-refractivity contribution in [2.45, 2.75) is 44.9 Å². The monoisotopic (exact) mass is 213 g/mol. The highest BCUT2D eigenvalue weighted by molar-refractivity contribution is 5.75. The van der Waals surface area contributed by atoms with Crippen LogP contribution in [0.1, 0.15) is 26.7 Å². The van der Waals surface area contributed by atoms with Crippen molar-refractivity contribution < 1.29 is 14.3 Å². The first-order valence-electron chi connectivity index (χ1n) is 5.77. The highest BCUT2D eigenvalue weighted by Gasteiger charge is 2.37. The van der Waals surface area contributed by atoms with Crippen LogP contribution < -0.4 is 0 Å². The molecular weight excluding hydrogens is 194 g/mol. The summed E-state index contributed by atoms with van der Waals surface area (Å²) >= 11 is 0. The lowest BCUT2D eigenvalue weighted by Crippen LogP contribution is -2.50. The van der Waals surface area contributed by atoms with Gasteiger partial charge >= 0.3 is 5.97 Å². The van der Waals surface area contributed by atoms with Crippen molar-refractivity contribution in [1.29, 1.82) is 0 Å². The molecule has 0 aromatic rings. The third kappa shape index (κ3) is 2.32. The number of carbonyl (C=O) groups excluding carboxylic acids is 1. The van der Waals surface area contributed by atoms with Gasteiger partial charge in [-0.15, -0.1) is 0 Å². The topological polar surface area (TPSA) is 38.8 Å². The molecule has 3 unspecified atom stereocenters. The van der Waals surface area contributed by atoms with Crippen LogP contribution in [0.15, 0.2) is 0 Å². The lowest BCUT2D eigenvalue weighted by Gasteiger charge is -2.35. The summed E-state index contributed by atoms with van der Waals surface area (Å²) in [4.78, 5) is 13.8. The maximum atomic E-state index is 11.6. The fourth-order valence-corrected chi connectivity index (χ4v) is 2.37. The van der Waals surface area contributed by atoms with Crippen molar-refractivity contribution in [3.8, 4) is 0 Å². The highest BCUT2D eigenvalue weighted by atomic mass is 16.5. The minimum atomic E-state index is -0.128. The summed E-state index contributed by atoms with van der Waals surface area (Å²) in [5, 5.41) is 0.